The van der Waals surface area contributed by atoms with Gasteiger partial charge < -0.3 is 14.9 Å². The van der Waals surface area contributed by atoms with E-state index in [2.05, 4.69) is 0 Å². The van der Waals surface area contributed by atoms with Gasteiger partial charge in [-0.05, 0) is 36.2 Å². The Hall–Kier alpha value is -2.89. The van der Waals surface area contributed by atoms with Crippen LogP contribution in [0.25, 0.3) is 0 Å². The van der Waals surface area contributed by atoms with Crippen molar-refractivity contribution < 1.29 is 19.1 Å². The van der Waals surface area contributed by atoms with Crippen molar-refractivity contribution in [1.82, 2.24) is 9.80 Å². The maximum atomic E-state index is 13.0. The summed E-state index contributed by atoms with van der Waals surface area (Å²) in [5, 5.41) is 9.87. The molecule has 136 valence electrons. The van der Waals surface area contributed by atoms with Crippen LogP contribution in [0.5, 0.6) is 5.75 Å². The summed E-state index contributed by atoms with van der Waals surface area (Å²) in [5.74, 6) is -0.621. The standard InChI is InChI=1S/C20H21FN2O3/c21-16-8-6-15(7-9-16)14-19(25)22-10-3-11-23(13-12-22)20(26)17-4-1-2-5-18(17)24/h1-2,4-9,24H,3,10-14H2. The second-order valence-corrected chi connectivity index (χ2v) is 6.35. The summed E-state index contributed by atoms with van der Waals surface area (Å²) in [4.78, 5) is 28.5. The highest BCUT2D eigenvalue weighted by molar-refractivity contribution is 5.96. The first-order valence-electron chi connectivity index (χ1n) is 8.64. The lowest BCUT2D eigenvalue weighted by Crippen LogP contribution is -2.38. The summed E-state index contributed by atoms with van der Waals surface area (Å²) >= 11 is 0. The molecule has 0 spiro atoms. The average molecular weight is 356 g/mol. The van der Waals surface area contributed by atoms with Crippen LogP contribution in [-0.4, -0.2) is 52.9 Å². The van der Waals surface area contributed by atoms with Crippen molar-refractivity contribution in [2.24, 2.45) is 0 Å². The highest BCUT2D eigenvalue weighted by atomic mass is 19.1. The Labute approximate surface area is 151 Å². The zero-order valence-electron chi connectivity index (χ0n) is 14.4. The van der Waals surface area contributed by atoms with E-state index in [0.29, 0.717) is 32.6 Å². The van der Waals surface area contributed by atoms with Gasteiger partial charge in [0.2, 0.25) is 5.91 Å². The number of carbonyl (C=O) groups is 2. The number of hydrogen-bond donors (Lipinski definition) is 1. The first kappa shape index (κ1) is 17.9. The molecule has 1 saturated heterocycles. The first-order chi connectivity index (χ1) is 12.5. The minimum absolute atomic E-state index is 0.0338. The Bertz CT molecular complexity index is 792. The van der Waals surface area contributed by atoms with Crippen LogP contribution in [0.3, 0.4) is 0 Å². The molecule has 5 nitrogen and oxygen atoms in total. The second-order valence-electron chi connectivity index (χ2n) is 6.35. The maximum Gasteiger partial charge on any atom is 0.257 e. The van der Waals surface area contributed by atoms with E-state index in [1.807, 2.05) is 0 Å². The van der Waals surface area contributed by atoms with Crippen molar-refractivity contribution in [3.05, 3.63) is 65.5 Å². The molecule has 2 aromatic carbocycles. The number of amides is 2. The molecule has 0 aromatic heterocycles. The van der Waals surface area contributed by atoms with Gasteiger partial charge >= 0.3 is 0 Å². The van der Waals surface area contributed by atoms with Gasteiger partial charge in [-0.3, -0.25) is 9.59 Å². The van der Waals surface area contributed by atoms with Crippen LogP contribution in [0.4, 0.5) is 4.39 Å². The van der Waals surface area contributed by atoms with E-state index < -0.39 is 0 Å². The van der Waals surface area contributed by atoms with Crippen LogP contribution >= 0.6 is 0 Å². The number of carbonyl (C=O) groups excluding carboxylic acids is 2. The predicted molar refractivity (Wildman–Crippen MR) is 95.3 cm³/mol. The highest BCUT2D eigenvalue weighted by Crippen LogP contribution is 2.19. The SMILES string of the molecule is O=C(Cc1ccc(F)cc1)N1CCCN(C(=O)c2ccccc2O)CC1. The molecule has 3 rings (SSSR count). The van der Waals surface area contributed by atoms with E-state index >= 15 is 0 Å². The van der Waals surface area contributed by atoms with E-state index in [9.17, 15) is 19.1 Å². The summed E-state index contributed by atoms with van der Waals surface area (Å²) in [6.45, 7) is 1.97. The van der Waals surface area contributed by atoms with Crippen molar-refractivity contribution in [2.75, 3.05) is 26.2 Å². The number of phenolic OH excluding ortho intramolecular Hbond substituents is 1. The van der Waals surface area contributed by atoms with Crippen molar-refractivity contribution in [1.29, 1.82) is 0 Å². The molecule has 6 heteroatoms. The zero-order valence-corrected chi connectivity index (χ0v) is 14.4. The Kier molecular flexibility index (Phi) is 5.51. The van der Waals surface area contributed by atoms with E-state index in [0.717, 1.165) is 5.56 Å². The van der Waals surface area contributed by atoms with Gasteiger partial charge in [-0.15, -0.1) is 0 Å². The lowest BCUT2D eigenvalue weighted by Gasteiger charge is -2.22. The third kappa shape index (κ3) is 4.20. The van der Waals surface area contributed by atoms with Crippen molar-refractivity contribution >= 4 is 11.8 Å². The van der Waals surface area contributed by atoms with Crippen LogP contribution in [0, 0.1) is 5.82 Å². The molecule has 26 heavy (non-hydrogen) atoms. The molecule has 0 saturated carbocycles. The molecule has 0 atom stereocenters. The molecule has 2 amide bonds. The van der Waals surface area contributed by atoms with E-state index in [4.69, 9.17) is 0 Å². The lowest BCUT2D eigenvalue weighted by molar-refractivity contribution is -0.130. The number of rotatable bonds is 3. The van der Waals surface area contributed by atoms with Gasteiger partial charge in [-0.2, -0.15) is 0 Å². The average Bonchev–Trinajstić information content (AvgIpc) is 2.90. The van der Waals surface area contributed by atoms with Crippen molar-refractivity contribution in [3.8, 4) is 5.75 Å². The molecular formula is C20H21FN2O3. The summed E-state index contributed by atoms with van der Waals surface area (Å²) in [7, 11) is 0. The quantitative estimate of drug-likeness (QED) is 0.919. The van der Waals surface area contributed by atoms with Gasteiger partial charge in [0.05, 0.1) is 12.0 Å². The summed E-state index contributed by atoms with van der Waals surface area (Å²) < 4.78 is 13.0. The number of benzene rings is 2. The summed E-state index contributed by atoms with van der Waals surface area (Å²) in [5.41, 5.74) is 1.04. The van der Waals surface area contributed by atoms with Gasteiger partial charge in [0.1, 0.15) is 11.6 Å². The highest BCUT2D eigenvalue weighted by Gasteiger charge is 2.24. The van der Waals surface area contributed by atoms with Crippen LogP contribution in [0.1, 0.15) is 22.3 Å². The fourth-order valence-corrected chi connectivity index (χ4v) is 3.08. The summed E-state index contributed by atoms with van der Waals surface area (Å²) in [6.07, 6.45) is 0.891. The third-order valence-corrected chi connectivity index (χ3v) is 4.54. The molecule has 2 aromatic rings. The summed E-state index contributed by atoms with van der Waals surface area (Å²) in [6, 6.07) is 12.4. The van der Waals surface area contributed by atoms with Gasteiger partial charge in [-0.25, -0.2) is 4.39 Å². The number of para-hydroxylation sites is 1. The van der Waals surface area contributed by atoms with E-state index in [1.54, 1.807) is 40.1 Å². The minimum atomic E-state index is -0.325. The van der Waals surface area contributed by atoms with Crippen LogP contribution in [-0.2, 0) is 11.2 Å². The van der Waals surface area contributed by atoms with Crippen LogP contribution in [0.15, 0.2) is 48.5 Å². The van der Waals surface area contributed by atoms with Crippen molar-refractivity contribution in [2.45, 2.75) is 12.8 Å². The molecular weight excluding hydrogens is 335 g/mol. The van der Waals surface area contributed by atoms with Crippen LogP contribution < -0.4 is 0 Å². The van der Waals surface area contributed by atoms with Gasteiger partial charge in [0.25, 0.3) is 5.91 Å². The molecule has 0 bridgehead atoms. The number of aromatic hydroxyl groups is 1. The topological polar surface area (TPSA) is 60.9 Å². The van der Waals surface area contributed by atoms with Gasteiger partial charge in [0, 0.05) is 26.2 Å². The predicted octanol–water partition coefficient (Wildman–Crippen LogP) is 2.45. The normalized spacial score (nSPS) is 14.8. The molecule has 1 aliphatic rings. The molecule has 1 fully saturated rings. The third-order valence-electron chi connectivity index (χ3n) is 4.54. The first-order valence-corrected chi connectivity index (χ1v) is 8.64. The Morgan fingerprint density at radius 2 is 1.58 bits per heavy atom. The smallest absolute Gasteiger partial charge is 0.257 e. The fraction of sp³-hybridized carbons (Fsp3) is 0.300. The Morgan fingerprint density at radius 3 is 2.31 bits per heavy atom. The van der Waals surface area contributed by atoms with Gasteiger partial charge in [-0.1, -0.05) is 24.3 Å². The number of nitrogens with zero attached hydrogens (tertiary/aromatic N) is 2. The fourth-order valence-electron chi connectivity index (χ4n) is 3.08. The largest absolute Gasteiger partial charge is 0.507 e. The Balaban J connectivity index is 1.61. The molecule has 0 radical (unpaired) electrons. The van der Waals surface area contributed by atoms with Crippen LogP contribution in [0.2, 0.25) is 0 Å². The zero-order chi connectivity index (χ0) is 18.5. The molecule has 0 aliphatic carbocycles. The van der Waals surface area contributed by atoms with Crippen molar-refractivity contribution in [3.63, 3.8) is 0 Å². The second kappa shape index (κ2) is 7.99. The molecule has 1 heterocycles. The Morgan fingerprint density at radius 1 is 0.923 bits per heavy atom. The minimum Gasteiger partial charge on any atom is -0.507 e. The van der Waals surface area contributed by atoms with Gasteiger partial charge in [0.15, 0.2) is 0 Å². The number of halogens is 1. The lowest BCUT2D eigenvalue weighted by atomic mass is 10.1. The number of hydrogen-bond acceptors (Lipinski definition) is 3. The monoisotopic (exact) mass is 356 g/mol. The molecule has 1 N–H and O–H groups in total. The van der Waals surface area contributed by atoms with E-state index in [1.165, 1.54) is 18.2 Å². The number of phenols is 1. The van der Waals surface area contributed by atoms with E-state index in [-0.39, 0.29) is 35.4 Å². The maximum absolute atomic E-state index is 13.0. The molecule has 1 aliphatic heterocycles. The molecule has 0 unspecified atom stereocenters.